The van der Waals surface area contributed by atoms with E-state index in [4.69, 9.17) is 0 Å². The highest BCUT2D eigenvalue weighted by atomic mass is 16.3. The number of likely N-dealkylation sites (N-methyl/N-ethyl adjacent to an activating group) is 1. The number of hydrogen-bond acceptors (Lipinski definition) is 4. The molecule has 0 spiro atoms. The average molecular weight is 251 g/mol. The third-order valence-corrected chi connectivity index (χ3v) is 2.56. The first-order valence-corrected chi connectivity index (χ1v) is 6.11. The molecule has 0 saturated carbocycles. The Balaban J connectivity index is 2.42. The van der Waals surface area contributed by atoms with Crippen molar-refractivity contribution < 1.29 is 9.90 Å². The molecule has 0 fully saturated rings. The van der Waals surface area contributed by atoms with Gasteiger partial charge in [0.25, 0.3) is 0 Å². The highest BCUT2D eigenvalue weighted by molar-refractivity contribution is 5.91. The summed E-state index contributed by atoms with van der Waals surface area (Å²) < 4.78 is 0. The molecule has 0 radical (unpaired) electrons. The van der Waals surface area contributed by atoms with Gasteiger partial charge in [-0.05, 0) is 32.5 Å². The van der Waals surface area contributed by atoms with Gasteiger partial charge in [0.15, 0.2) is 0 Å². The Morgan fingerprint density at radius 1 is 1.56 bits per heavy atom. The number of amides is 1. The Kier molecular flexibility index (Phi) is 5.74. The van der Waals surface area contributed by atoms with Crippen molar-refractivity contribution in [2.45, 2.75) is 26.4 Å². The van der Waals surface area contributed by atoms with E-state index in [0.717, 1.165) is 5.69 Å². The van der Waals surface area contributed by atoms with Crippen LogP contribution in [-0.4, -0.2) is 47.1 Å². The molecule has 1 unspecified atom stereocenters. The van der Waals surface area contributed by atoms with Gasteiger partial charge in [0.1, 0.15) is 5.82 Å². The largest absolute Gasteiger partial charge is 0.392 e. The molecule has 0 aliphatic carbocycles. The molecule has 0 aliphatic heterocycles. The number of rotatable bonds is 6. The molecule has 1 rings (SSSR count). The van der Waals surface area contributed by atoms with Crippen LogP contribution in [0.3, 0.4) is 0 Å². The second-order valence-electron chi connectivity index (χ2n) is 4.47. The number of nitrogens with zero attached hydrogens (tertiary/aromatic N) is 2. The molecule has 100 valence electrons. The zero-order valence-corrected chi connectivity index (χ0v) is 11.2. The summed E-state index contributed by atoms with van der Waals surface area (Å²) in [6, 6.07) is 5.48. The maximum Gasteiger partial charge on any atom is 0.239 e. The molecule has 0 aromatic carbocycles. The summed E-state index contributed by atoms with van der Waals surface area (Å²) in [5, 5.41) is 12.2. The quantitative estimate of drug-likeness (QED) is 0.792. The second-order valence-corrected chi connectivity index (χ2v) is 4.47. The van der Waals surface area contributed by atoms with Crippen LogP contribution in [0.1, 0.15) is 19.0 Å². The molecular weight excluding hydrogens is 230 g/mol. The molecule has 1 amide bonds. The van der Waals surface area contributed by atoms with Gasteiger partial charge in [-0.25, -0.2) is 4.98 Å². The molecule has 5 nitrogen and oxygen atoms in total. The second kappa shape index (κ2) is 7.08. The lowest BCUT2D eigenvalue weighted by Crippen LogP contribution is -2.35. The van der Waals surface area contributed by atoms with Crippen molar-refractivity contribution in [3.05, 3.63) is 23.9 Å². The van der Waals surface area contributed by atoms with Crippen LogP contribution in [0.4, 0.5) is 5.82 Å². The number of anilines is 1. The molecule has 5 heteroatoms. The zero-order valence-electron chi connectivity index (χ0n) is 11.2. The van der Waals surface area contributed by atoms with E-state index in [1.54, 1.807) is 11.0 Å². The van der Waals surface area contributed by atoms with Gasteiger partial charge in [0.05, 0.1) is 12.6 Å². The maximum atomic E-state index is 11.7. The zero-order chi connectivity index (χ0) is 13.5. The van der Waals surface area contributed by atoms with Crippen molar-refractivity contribution in [3.63, 3.8) is 0 Å². The monoisotopic (exact) mass is 251 g/mol. The van der Waals surface area contributed by atoms with E-state index in [1.165, 1.54) is 0 Å². The van der Waals surface area contributed by atoms with E-state index in [2.05, 4.69) is 10.3 Å². The van der Waals surface area contributed by atoms with E-state index in [0.29, 0.717) is 18.8 Å². The van der Waals surface area contributed by atoms with Crippen LogP contribution in [0.15, 0.2) is 18.2 Å². The standard InChI is InChI=1S/C13H21N3O2/c1-4-11(17)8-16(3)9-13(18)15-12-7-5-6-10(2)14-12/h5-7,11,17H,4,8-9H2,1-3H3,(H,14,15,18). The van der Waals surface area contributed by atoms with E-state index in [-0.39, 0.29) is 18.6 Å². The molecule has 0 bridgehead atoms. The van der Waals surface area contributed by atoms with Crippen LogP contribution < -0.4 is 5.32 Å². The number of aliphatic hydroxyl groups excluding tert-OH is 1. The van der Waals surface area contributed by atoms with Gasteiger partial charge in [-0.2, -0.15) is 0 Å². The van der Waals surface area contributed by atoms with E-state index < -0.39 is 0 Å². The molecule has 1 heterocycles. The Hall–Kier alpha value is -1.46. The smallest absolute Gasteiger partial charge is 0.239 e. The number of carbonyl (C=O) groups excluding carboxylic acids is 1. The molecule has 18 heavy (non-hydrogen) atoms. The molecule has 0 aliphatic rings. The summed E-state index contributed by atoms with van der Waals surface area (Å²) in [4.78, 5) is 17.7. The van der Waals surface area contributed by atoms with Crippen LogP contribution >= 0.6 is 0 Å². The first-order chi connectivity index (χ1) is 8.51. The van der Waals surface area contributed by atoms with Gasteiger partial charge in [-0.15, -0.1) is 0 Å². The predicted octanol–water partition coefficient (Wildman–Crippen LogP) is 1.03. The van der Waals surface area contributed by atoms with Gasteiger partial charge in [0.2, 0.25) is 5.91 Å². The third kappa shape index (κ3) is 5.25. The SMILES string of the molecule is CCC(O)CN(C)CC(=O)Nc1cccc(C)n1. The Bertz CT molecular complexity index is 396. The fourth-order valence-corrected chi connectivity index (χ4v) is 1.59. The van der Waals surface area contributed by atoms with Crippen LogP contribution in [-0.2, 0) is 4.79 Å². The number of carbonyl (C=O) groups is 1. The number of hydrogen-bond donors (Lipinski definition) is 2. The highest BCUT2D eigenvalue weighted by Crippen LogP contribution is 2.03. The van der Waals surface area contributed by atoms with Crippen molar-refractivity contribution in [1.29, 1.82) is 0 Å². The highest BCUT2D eigenvalue weighted by Gasteiger charge is 2.10. The normalized spacial score (nSPS) is 12.5. The summed E-state index contributed by atoms with van der Waals surface area (Å²) in [6.45, 7) is 4.52. The minimum absolute atomic E-state index is 0.126. The van der Waals surface area contributed by atoms with E-state index >= 15 is 0 Å². The summed E-state index contributed by atoms with van der Waals surface area (Å²) in [6.07, 6.45) is 0.297. The topological polar surface area (TPSA) is 65.5 Å². The molecular formula is C13H21N3O2. The first kappa shape index (κ1) is 14.6. The van der Waals surface area contributed by atoms with Gasteiger partial charge in [0, 0.05) is 12.2 Å². The summed E-state index contributed by atoms with van der Waals surface area (Å²) >= 11 is 0. The third-order valence-electron chi connectivity index (χ3n) is 2.56. The Labute approximate surface area is 108 Å². The lowest BCUT2D eigenvalue weighted by molar-refractivity contribution is -0.117. The van der Waals surface area contributed by atoms with Gasteiger partial charge >= 0.3 is 0 Å². The lowest BCUT2D eigenvalue weighted by atomic mass is 10.2. The molecule has 1 aromatic rings. The number of aliphatic hydroxyl groups is 1. The van der Waals surface area contributed by atoms with Crippen molar-refractivity contribution in [2.24, 2.45) is 0 Å². The van der Waals surface area contributed by atoms with Crippen LogP contribution in [0.5, 0.6) is 0 Å². The number of pyridine rings is 1. The van der Waals surface area contributed by atoms with Gasteiger partial charge in [-0.3, -0.25) is 9.69 Å². The maximum absolute atomic E-state index is 11.7. The summed E-state index contributed by atoms with van der Waals surface area (Å²) in [5.41, 5.74) is 0.863. The fraction of sp³-hybridized carbons (Fsp3) is 0.538. The Morgan fingerprint density at radius 2 is 2.28 bits per heavy atom. The van der Waals surface area contributed by atoms with Crippen molar-refractivity contribution >= 4 is 11.7 Å². The van der Waals surface area contributed by atoms with Crippen LogP contribution in [0.2, 0.25) is 0 Å². The molecule has 2 N–H and O–H groups in total. The first-order valence-electron chi connectivity index (χ1n) is 6.11. The van der Waals surface area contributed by atoms with Crippen molar-refractivity contribution in [3.8, 4) is 0 Å². The molecule has 1 aromatic heterocycles. The number of aryl methyl sites for hydroxylation is 1. The fourth-order valence-electron chi connectivity index (χ4n) is 1.59. The summed E-state index contributed by atoms with van der Waals surface area (Å²) in [5.74, 6) is 0.434. The number of nitrogens with one attached hydrogen (secondary N) is 1. The average Bonchev–Trinajstić information content (AvgIpc) is 2.28. The van der Waals surface area contributed by atoms with Crippen molar-refractivity contribution in [2.75, 3.05) is 25.5 Å². The number of aromatic nitrogens is 1. The predicted molar refractivity (Wildman–Crippen MR) is 71.4 cm³/mol. The van der Waals surface area contributed by atoms with E-state index in [9.17, 15) is 9.90 Å². The van der Waals surface area contributed by atoms with Gasteiger partial charge < -0.3 is 10.4 Å². The lowest BCUT2D eigenvalue weighted by Gasteiger charge is -2.18. The molecule has 1 atom stereocenters. The molecule has 0 saturated heterocycles. The minimum atomic E-state index is -0.389. The van der Waals surface area contributed by atoms with Gasteiger partial charge in [-0.1, -0.05) is 13.0 Å². The Morgan fingerprint density at radius 3 is 2.89 bits per heavy atom. The van der Waals surface area contributed by atoms with Crippen LogP contribution in [0.25, 0.3) is 0 Å². The van der Waals surface area contributed by atoms with Crippen LogP contribution in [0, 0.1) is 6.92 Å². The van der Waals surface area contributed by atoms with E-state index in [1.807, 2.05) is 33.0 Å². The summed E-state index contributed by atoms with van der Waals surface area (Å²) in [7, 11) is 1.81. The minimum Gasteiger partial charge on any atom is -0.392 e. The van der Waals surface area contributed by atoms with Crippen molar-refractivity contribution in [1.82, 2.24) is 9.88 Å².